The number of hydrogen-bond donors (Lipinski definition) is 0. The lowest BCUT2D eigenvalue weighted by Crippen LogP contribution is -2.53. The minimum atomic E-state index is 0.482. The van der Waals surface area contributed by atoms with Crippen LogP contribution in [0.3, 0.4) is 0 Å². The van der Waals surface area contributed by atoms with E-state index in [2.05, 4.69) is 58.8 Å². The van der Waals surface area contributed by atoms with Crippen LogP contribution in [-0.4, -0.2) is 50.1 Å². The van der Waals surface area contributed by atoms with Crippen molar-refractivity contribution >= 4 is 0 Å². The Morgan fingerprint density at radius 1 is 0.938 bits per heavy atom. The quantitative estimate of drug-likeness (QED) is 0.710. The van der Waals surface area contributed by atoms with Gasteiger partial charge in [0.1, 0.15) is 0 Å². The molecular formula is C14H28N2. The van der Waals surface area contributed by atoms with Crippen LogP contribution in [0.2, 0.25) is 0 Å². The Hall–Kier alpha value is -0.0800. The van der Waals surface area contributed by atoms with Crippen LogP contribution in [0.1, 0.15) is 33.6 Å². The van der Waals surface area contributed by atoms with E-state index < -0.39 is 0 Å². The lowest BCUT2D eigenvalue weighted by atomic mass is 9.69. The molecule has 0 N–H and O–H groups in total. The fourth-order valence-corrected chi connectivity index (χ4v) is 4.80. The molecule has 0 aromatic rings. The van der Waals surface area contributed by atoms with Crippen molar-refractivity contribution in [3.05, 3.63) is 0 Å². The molecule has 2 nitrogen and oxygen atoms in total. The Kier molecular flexibility index (Phi) is 2.67. The Morgan fingerprint density at radius 2 is 1.50 bits per heavy atom. The number of likely N-dealkylation sites (N-methyl/N-ethyl adjacent to an activating group) is 2. The van der Waals surface area contributed by atoms with E-state index in [1.165, 1.54) is 12.8 Å². The van der Waals surface area contributed by atoms with E-state index in [0.29, 0.717) is 16.9 Å². The predicted molar refractivity (Wildman–Crippen MR) is 69.6 cm³/mol. The van der Waals surface area contributed by atoms with Crippen LogP contribution in [-0.2, 0) is 0 Å². The molecule has 0 spiro atoms. The monoisotopic (exact) mass is 224 g/mol. The molecule has 0 aliphatic heterocycles. The molecule has 16 heavy (non-hydrogen) atoms. The highest BCUT2D eigenvalue weighted by atomic mass is 15.2. The minimum absolute atomic E-state index is 0.482. The minimum Gasteiger partial charge on any atom is -0.305 e. The summed E-state index contributed by atoms with van der Waals surface area (Å²) in [5.41, 5.74) is 0.965. The smallest absolute Gasteiger partial charge is 0.0307 e. The molecule has 0 aromatic heterocycles. The third-order valence-corrected chi connectivity index (χ3v) is 5.91. The van der Waals surface area contributed by atoms with Gasteiger partial charge in [-0.25, -0.2) is 0 Å². The molecule has 2 saturated carbocycles. The molecule has 0 unspecified atom stereocenters. The van der Waals surface area contributed by atoms with Crippen LogP contribution in [0, 0.1) is 16.7 Å². The van der Waals surface area contributed by atoms with Gasteiger partial charge in [0.05, 0.1) is 0 Å². The summed E-state index contributed by atoms with van der Waals surface area (Å²) in [5.74, 6) is 0.861. The Labute approximate surface area is 101 Å². The third-order valence-electron chi connectivity index (χ3n) is 5.91. The van der Waals surface area contributed by atoms with Gasteiger partial charge in [-0.05, 0) is 57.8 Å². The lowest BCUT2D eigenvalue weighted by Gasteiger charge is -2.45. The number of nitrogens with zero attached hydrogens (tertiary/aromatic N) is 2. The van der Waals surface area contributed by atoms with Crippen molar-refractivity contribution in [2.45, 2.75) is 45.7 Å². The highest BCUT2D eigenvalue weighted by Crippen LogP contribution is 2.67. The van der Waals surface area contributed by atoms with E-state index in [1.807, 2.05) is 0 Å². The highest BCUT2D eigenvalue weighted by Gasteiger charge is 2.66. The van der Waals surface area contributed by atoms with Crippen molar-refractivity contribution in [2.24, 2.45) is 16.7 Å². The number of fused-ring (bicyclic) bond motifs is 2. The zero-order valence-electron chi connectivity index (χ0n) is 12.0. The second kappa shape index (κ2) is 3.46. The average Bonchev–Trinajstić information content (AvgIpc) is 2.45. The largest absolute Gasteiger partial charge is 0.305 e. The summed E-state index contributed by atoms with van der Waals surface area (Å²) in [6, 6.07) is 1.43. The first-order valence-electron chi connectivity index (χ1n) is 6.56. The molecule has 0 radical (unpaired) electrons. The van der Waals surface area contributed by atoms with Crippen LogP contribution in [0.25, 0.3) is 0 Å². The molecule has 0 aromatic carbocycles. The summed E-state index contributed by atoms with van der Waals surface area (Å²) >= 11 is 0. The lowest BCUT2D eigenvalue weighted by molar-refractivity contribution is 0.0443. The van der Waals surface area contributed by atoms with E-state index in [0.717, 1.165) is 12.0 Å². The standard InChI is InChI=1S/C14H28N2/c1-13(2)10-8-9-14(13,3)12(16(6)7)11(10)15(4)5/h10-12H,8-9H2,1-7H3/t10-,11+,12+,14-/m0/s1. The summed E-state index contributed by atoms with van der Waals surface area (Å²) in [5, 5.41) is 0. The van der Waals surface area contributed by atoms with Gasteiger partial charge in [0, 0.05) is 12.1 Å². The number of hydrogen-bond acceptors (Lipinski definition) is 2. The normalized spacial score (nSPS) is 45.9. The van der Waals surface area contributed by atoms with Crippen molar-refractivity contribution in [2.75, 3.05) is 28.2 Å². The Morgan fingerprint density at radius 3 is 1.88 bits per heavy atom. The van der Waals surface area contributed by atoms with Gasteiger partial charge in [0.25, 0.3) is 0 Å². The number of rotatable bonds is 2. The summed E-state index contributed by atoms with van der Waals surface area (Å²) in [6.07, 6.45) is 2.81. The first-order chi connectivity index (χ1) is 7.23. The summed E-state index contributed by atoms with van der Waals surface area (Å²) < 4.78 is 0. The van der Waals surface area contributed by atoms with Crippen molar-refractivity contribution in [1.29, 1.82) is 0 Å². The van der Waals surface area contributed by atoms with Gasteiger partial charge >= 0.3 is 0 Å². The molecule has 2 rings (SSSR count). The van der Waals surface area contributed by atoms with Gasteiger partial charge in [-0.2, -0.15) is 0 Å². The topological polar surface area (TPSA) is 6.48 Å². The van der Waals surface area contributed by atoms with E-state index in [1.54, 1.807) is 0 Å². The van der Waals surface area contributed by atoms with Gasteiger partial charge in [-0.3, -0.25) is 0 Å². The van der Waals surface area contributed by atoms with Crippen molar-refractivity contribution < 1.29 is 0 Å². The van der Waals surface area contributed by atoms with Gasteiger partial charge in [-0.15, -0.1) is 0 Å². The van der Waals surface area contributed by atoms with E-state index in [-0.39, 0.29) is 0 Å². The maximum absolute atomic E-state index is 2.52. The van der Waals surface area contributed by atoms with E-state index >= 15 is 0 Å². The third kappa shape index (κ3) is 1.26. The average molecular weight is 224 g/mol. The Bertz CT molecular complexity index is 282. The molecule has 0 amide bonds. The SMILES string of the molecule is CN(C)[C@@H]1[C@@H]2CC[C@@](C)([C@@H]1N(C)C)C2(C)C. The van der Waals surface area contributed by atoms with E-state index in [9.17, 15) is 0 Å². The van der Waals surface area contributed by atoms with Gasteiger partial charge in [-0.1, -0.05) is 20.8 Å². The van der Waals surface area contributed by atoms with Crippen LogP contribution in [0.4, 0.5) is 0 Å². The second-order valence-electron chi connectivity index (χ2n) is 7.15. The molecule has 2 aliphatic rings. The van der Waals surface area contributed by atoms with Crippen molar-refractivity contribution in [1.82, 2.24) is 9.80 Å². The van der Waals surface area contributed by atoms with Crippen LogP contribution in [0.15, 0.2) is 0 Å². The molecule has 94 valence electrons. The molecule has 0 heterocycles. The first-order valence-corrected chi connectivity index (χ1v) is 6.56. The molecule has 2 aliphatic carbocycles. The molecular weight excluding hydrogens is 196 g/mol. The fraction of sp³-hybridized carbons (Fsp3) is 1.00. The summed E-state index contributed by atoms with van der Waals surface area (Å²) in [7, 11) is 9.01. The maximum Gasteiger partial charge on any atom is 0.0307 e. The summed E-state index contributed by atoms with van der Waals surface area (Å²) in [6.45, 7) is 7.50. The molecule has 2 bridgehead atoms. The van der Waals surface area contributed by atoms with Crippen molar-refractivity contribution in [3.8, 4) is 0 Å². The second-order valence-corrected chi connectivity index (χ2v) is 7.15. The summed E-state index contributed by atoms with van der Waals surface area (Å²) in [4.78, 5) is 4.92. The van der Waals surface area contributed by atoms with Crippen LogP contribution < -0.4 is 0 Å². The van der Waals surface area contributed by atoms with Crippen LogP contribution in [0.5, 0.6) is 0 Å². The zero-order valence-corrected chi connectivity index (χ0v) is 12.0. The highest BCUT2D eigenvalue weighted by molar-refractivity contribution is 5.19. The predicted octanol–water partition coefficient (Wildman–Crippen LogP) is 2.30. The maximum atomic E-state index is 2.52. The van der Waals surface area contributed by atoms with Gasteiger partial charge in [0.2, 0.25) is 0 Å². The molecule has 2 heteroatoms. The van der Waals surface area contributed by atoms with Gasteiger partial charge < -0.3 is 9.80 Å². The van der Waals surface area contributed by atoms with Gasteiger partial charge in [0.15, 0.2) is 0 Å². The molecule has 4 atom stereocenters. The first kappa shape index (κ1) is 12.4. The fourth-order valence-electron chi connectivity index (χ4n) is 4.80. The van der Waals surface area contributed by atoms with E-state index in [4.69, 9.17) is 0 Å². The molecule has 0 saturated heterocycles. The molecule has 2 fully saturated rings. The van der Waals surface area contributed by atoms with Crippen molar-refractivity contribution in [3.63, 3.8) is 0 Å². The Balaban J connectivity index is 2.44. The van der Waals surface area contributed by atoms with Crippen LogP contribution >= 0.6 is 0 Å². The zero-order chi connectivity index (χ0) is 12.3.